The van der Waals surface area contributed by atoms with Crippen molar-refractivity contribution in [1.82, 2.24) is 15.5 Å². The number of carbonyl (C=O) groups excluding carboxylic acids is 2. The smallest absolute Gasteiger partial charge is 0.323 e. The van der Waals surface area contributed by atoms with Gasteiger partial charge in [-0.05, 0) is 5.92 Å². The SMILES string of the molecule is CC(C)CNC(=O)CCNC(=O)N(CC(=O)O)CC(=O)O. The lowest BCUT2D eigenvalue weighted by Crippen LogP contribution is -2.46. The number of hydrogen-bond acceptors (Lipinski definition) is 4. The van der Waals surface area contributed by atoms with Gasteiger partial charge in [0.1, 0.15) is 13.1 Å². The Morgan fingerprint density at radius 2 is 1.52 bits per heavy atom. The quantitative estimate of drug-likeness (QED) is 0.446. The maximum Gasteiger partial charge on any atom is 0.323 e. The lowest BCUT2D eigenvalue weighted by atomic mass is 10.2. The Kier molecular flexibility index (Phi) is 8.51. The van der Waals surface area contributed by atoms with E-state index in [2.05, 4.69) is 10.6 Å². The molecule has 9 heteroatoms. The summed E-state index contributed by atoms with van der Waals surface area (Å²) >= 11 is 0. The van der Waals surface area contributed by atoms with Gasteiger partial charge in [-0.1, -0.05) is 13.8 Å². The van der Waals surface area contributed by atoms with Crippen LogP contribution in [0.2, 0.25) is 0 Å². The fourth-order valence-electron chi connectivity index (χ4n) is 1.33. The monoisotopic (exact) mass is 303 g/mol. The number of hydrogen-bond donors (Lipinski definition) is 4. The standard InChI is InChI=1S/C12H21N3O6/c1-8(2)5-14-9(16)3-4-13-12(21)15(6-10(17)18)7-11(19)20/h8H,3-7H2,1-2H3,(H,13,21)(H,14,16)(H,17,18)(H,19,20). The van der Waals surface area contributed by atoms with Crippen LogP contribution in [0.1, 0.15) is 20.3 Å². The van der Waals surface area contributed by atoms with Gasteiger partial charge in [-0.15, -0.1) is 0 Å². The first kappa shape index (κ1) is 18.7. The van der Waals surface area contributed by atoms with Crippen LogP contribution in [0.5, 0.6) is 0 Å². The van der Waals surface area contributed by atoms with Gasteiger partial charge >= 0.3 is 18.0 Å². The summed E-state index contributed by atoms with van der Waals surface area (Å²) in [5, 5.41) is 22.2. The summed E-state index contributed by atoms with van der Waals surface area (Å²) in [6.07, 6.45) is 0.0342. The maximum atomic E-state index is 11.6. The molecule has 120 valence electrons. The van der Waals surface area contributed by atoms with Crippen molar-refractivity contribution in [1.29, 1.82) is 0 Å². The molecular formula is C12H21N3O6. The van der Waals surface area contributed by atoms with Crippen LogP contribution in [0, 0.1) is 5.92 Å². The Morgan fingerprint density at radius 3 is 1.95 bits per heavy atom. The van der Waals surface area contributed by atoms with Crippen LogP contribution in [0.25, 0.3) is 0 Å². The summed E-state index contributed by atoms with van der Waals surface area (Å²) in [5.41, 5.74) is 0. The van der Waals surface area contributed by atoms with Crippen molar-refractivity contribution < 1.29 is 29.4 Å². The molecule has 0 fully saturated rings. The van der Waals surface area contributed by atoms with Crippen LogP contribution in [0.4, 0.5) is 4.79 Å². The number of amides is 3. The molecule has 0 aliphatic carbocycles. The molecule has 3 amide bonds. The minimum atomic E-state index is -1.32. The highest BCUT2D eigenvalue weighted by Crippen LogP contribution is 1.92. The van der Waals surface area contributed by atoms with Crippen LogP contribution in [-0.4, -0.2) is 65.2 Å². The van der Waals surface area contributed by atoms with Gasteiger partial charge in [0.25, 0.3) is 0 Å². The molecule has 0 unspecified atom stereocenters. The minimum absolute atomic E-state index is 0.00149. The van der Waals surface area contributed by atoms with Crippen LogP contribution >= 0.6 is 0 Å². The first-order valence-corrected chi connectivity index (χ1v) is 6.45. The molecule has 0 aromatic carbocycles. The third kappa shape index (κ3) is 10.2. The third-order valence-corrected chi connectivity index (χ3v) is 2.28. The predicted octanol–water partition coefficient (Wildman–Crippen LogP) is -0.670. The van der Waals surface area contributed by atoms with Gasteiger partial charge in [-0.2, -0.15) is 0 Å². The molecule has 0 aromatic rings. The van der Waals surface area contributed by atoms with Crippen molar-refractivity contribution in [2.45, 2.75) is 20.3 Å². The fraction of sp³-hybridized carbons (Fsp3) is 0.667. The number of urea groups is 1. The normalized spacial score (nSPS) is 10.0. The van der Waals surface area contributed by atoms with Crippen LogP contribution in [-0.2, 0) is 14.4 Å². The predicted molar refractivity (Wildman–Crippen MR) is 72.7 cm³/mol. The first-order valence-electron chi connectivity index (χ1n) is 6.45. The molecule has 0 bridgehead atoms. The molecule has 0 aromatic heterocycles. The molecule has 0 heterocycles. The lowest BCUT2D eigenvalue weighted by molar-refractivity contribution is -0.140. The number of carbonyl (C=O) groups is 4. The van der Waals surface area contributed by atoms with E-state index in [9.17, 15) is 19.2 Å². The largest absolute Gasteiger partial charge is 0.480 e. The van der Waals surface area contributed by atoms with Crippen LogP contribution in [0.3, 0.4) is 0 Å². The second-order valence-corrected chi connectivity index (χ2v) is 4.82. The molecule has 0 saturated carbocycles. The van der Waals surface area contributed by atoms with E-state index in [1.807, 2.05) is 13.8 Å². The average Bonchev–Trinajstić information content (AvgIpc) is 2.34. The molecular weight excluding hydrogens is 282 g/mol. The number of nitrogens with zero attached hydrogens (tertiary/aromatic N) is 1. The molecule has 0 aliphatic heterocycles. The van der Waals surface area contributed by atoms with Crippen LogP contribution < -0.4 is 10.6 Å². The van der Waals surface area contributed by atoms with E-state index in [1.165, 1.54) is 0 Å². The average molecular weight is 303 g/mol. The second kappa shape index (κ2) is 9.56. The number of aliphatic carboxylic acids is 2. The maximum absolute atomic E-state index is 11.6. The third-order valence-electron chi connectivity index (χ3n) is 2.28. The van der Waals surface area contributed by atoms with E-state index in [4.69, 9.17) is 10.2 Å². The van der Waals surface area contributed by atoms with E-state index in [0.717, 1.165) is 0 Å². The Labute approximate surface area is 122 Å². The molecule has 0 spiro atoms. The van der Waals surface area contributed by atoms with Crippen molar-refractivity contribution in [3.8, 4) is 0 Å². The van der Waals surface area contributed by atoms with Crippen molar-refractivity contribution in [2.75, 3.05) is 26.2 Å². The van der Waals surface area contributed by atoms with Gasteiger partial charge in [-0.25, -0.2) is 4.79 Å². The summed E-state index contributed by atoms with van der Waals surface area (Å²) in [5.74, 6) is -2.57. The minimum Gasteiger partial charge on any atom is -0.480 e. The molecule has 21 heavy (non-hydrogen) atoms. The van der Waals surface area contributed by atoms with Crippen molar-refractivity contribution in [3.05, 3.63) is 0 Å². The van der Waals surface area contributed by atoms with Gasteiger partial charge in [0.05, 0.1) is 0 Å². The summed E-state index contributed by atoms with van der Waals surface area (Å²) < 4.78 is 0. The second-order valence-electron chi connectivity index (χ2n) is 4.82. The molecule has 4 N–H and O–H groups in total. The molecule has 9 nitrogen and oxygen atoms in total. The van der Waals surface area contributed by atoms with E-state index in [-0.39, 0.29) is 18.9 Å². The summed E-state index contributed by atoms with van der Waals surface area (Å²) in [6.45, 7) is 2.96. The Balaban J connectivity index is 4.15. The van der Waals surface area contributed by atoms with Crippen LogP contribution in [0.15, 0.2) is 0 Å². The molecule has 0 rings (SSSR count). The lowest BCUT2D eigenvalue weighted by Gasteiger charge is -2.19. The molecule has 0 radical (unpaired) electrons. The van der Waals surface area contributed by atoms with Crippen molar-refractivity contribution in [3.63, 3.8) is 0 Å². The van der Waals surface area contributed by atoms with E-state index in [1.54, 1.807) is 0 Å². The van der Waals surface area contributed by atoms with Gasteiger partial charge in [-0.3, -0.25) is 14.4 Å². The molecule has 0 saturated heterocycles. The highest BCUT2D eigenvalue weighted by Gasteiger charge is 2.19. The van der Waals surface area contributed by atoms with Gasteiger partial charge in [0.2, 0.25) is 5.91 Å². The van der Waals surface area contributed by atoms with Gasteiger partial charge < -0.3 is 25.7 Å². The topological polar surface area (TPSA) is 136 Å². The number of rotatable bonds is 9. The molecule has 0 atom stereocenters. The zero-order chi connectivity index (χ0) is 16.4. The summed E-state index contributed by atoms with van der Waals surface area (Å²) in [7, 11) is 0. The highest BCUT2D eigenvalue weighted by molar-refractivity contribution is 5.84. The highest BCUT2D eigenvalue weighted by atomic mass is 16.4. The fourth-order valence-corrected chi connectivity index (χ4v) is 1.33. The van der Waals surface area contributed by atoms with E-state index < -0.39 is 31.1 Å². The number of carboxylic acid groups (broad SMARTS) is 2. The van der Waals surface area contributed by atoms with Gasteiger partial charge in [0, 0.05) is 19.5 Å². The zero-order valence-corrected chi connectivity index (χ0v) is 12.1. The Morgan fingerprint density at radius 1 is 1.00 bits per heavy atom. The summed E-state index contributed by atoms with van der Waals surface area (Å²) in [6, 6.07) is -0.837. The van der Waals surface area contributed by atoms with Gasteiger partial charge in [0.15, 0.2) is 0 Å². The van der Waals surface area contributed by atoms with E-state index >= 15 is 0 Å². The number of nitrogens with one attached hydrogen (secondary N) is 2. The summed E-state index contributed by atoms with van der Waals surface area (Å²) in [4.78, 5) is 44.7. The van der Waals surface area contributed by atoms with E-state index in [0.29, 0.717) is 17.4 Å². The first-order chi connectivity index (χ1) is 9.72. The van der Waals surface area contributed by atoms with Crippen molar-refractivity contribution in [2.24, 2.45) is 5.92 Å². The zero-order valence-electron chi connectivity index (χ0n) is 12.1. The van der Waals surface area contributed by atoms with Crippen molar-refractivity contribution >= 4 is 23.9 Å². The Bertz CT molecular complexity index is 380. The molecule has 0 aliphatic rings. The Hall–Kier alpha value is -2.32. The number of carboxylic acids is 2.